The fraction of sp³-hybridized carbons (Fsp3) is 0.643. The standard InChI is InChI=1S/C14H23F3N4S/c1-4-18-13(19-8-7-14(15,16)17)20-10-11(21(2)3)12-6-5-9-22-12/h5-6,9,11H,4,7-8,10H2,1-3H3,(H2,18,19,20). The molecule has 0 aliphatic rings. The SMILES string of the molecule is CCNC(=NCC(c1cccs1)N(C)C)NCCC(F)(F)F. The predicted octanol–water partition coefficient (Wildman–Crippen LogP) is 2.86. The van der Waals surface area contributed by atoms with Crippen molar-refractivity contribution in [2.45, 2.75) is 25.6 Å². The second kappa shape index (κ2) is 8.99. The number of nitrogens with one attached hydrogen (secondary N) is 2. The number of guanidine groups is 1. The van der Waals surface area contributed by atoms with E-state index >= 15 is 0 Å². The molecule has 1 unspecified atom stereocenters. The summed E-state index contributed by atoms with van der Waals surface area (Å²) in [6.07, 6.45) is -5.03. The van der Waals surface area contributed by atoms with Gasteiger partial charge in [-0.3, -0.25) is 4.99 Å². The van der Waals surface area contributed by atoms with Crippen molar-refractivity contribution in [2.75, 3.05) is 33.7 Å². The van der Waals surface area contributed by atoms with Crippen LogP contribution in [-0.4, -0.2) is 50.8 Å². The van der Waals surface area contributed by atoms with Gasteiger partial charge in [0.25, 0.3) is 0 Å². The van der Waals surface area contributed by atoms with E-state index in [1.165, 1.54) is 4.88 Å². The third-order valence-electron chi connectivity index (χ3n) is 2.96. The Labute approximate surface area is 133 Å². The summed E-state index contributed by atoms with van der Waals surface area (Å²) in [6, 6.07) is 4.13. The molecular weight excluding hydrogens is 313 g/mol. The Hall–Kier alpha value is -1.28. The largest absolute Gasteiger partial charge is 0.390 e. The molecule has 0 aliphatic heterocycles. The molecule has 0 aromatic carbocycles. The van der Waals surface area contributed by atoms with Gasteiger partial charge in [-0.25, -0.2) is 0 Å². The number of rotatable bonds is 7. The van der Waals surface area contributed by atoms with Gasteiger partial charge in [-0.1, -0.05) is 6.07 Å². The normalized spacial score (nSPS) is 14.2. The highest BCUT2D eigenvalue weighted by atomic mass is 32.1. The number of nitrogens with zero attached hydrogens (tertiary/aromatic N) is 2. The molecule has 0 aliphatic carbocycles. The van der Waals surface area contributed by atoms with E-state index < -0.39 is 12.6 Å². The van der Waals surface area contributed by atoms with Crippen molar-refractivity contribution in [2.24, 2.45) is 4.99 Å². The molecule has 0 amide bonds. The van der Waals surface area contributed by atoms with Crippen LogP contribution in [0.15, 0.2) is 22.5 Å². The number of thiophene rings is 1. The van der Waals surface area contributed by atoms with Gasteiger partial charge >= 0.3 is 6.18 Å². The van der Waals surface area contributed by atoms with Gasteiger partial charge in [0.2, 0.25) is 0 Å². The number of hydrogen-bond acceptors (Lipinski definition) is 3. The first-order valence-corrected chi connectivity index (χ1v) is 8.00. The highest BCUT2D eigenvalue weighted by molar-refractivity contribution is 7.10. The molecule has 0 spiro atoms. The van der Waals surface area contributed by atoms with Gasteiger partial charge in [-0.15, -0.1) is 11.3 Å². The molecule has 1 aromatic heterocycles. The lowest BCUT2D eigenvalue weighted by molar-refractivity contribution is -0.132. The van der Waals surface area contributed by atoms with Crippen molar-refractivity contribution in [1.29, 1.82) is 0 Å². The number of aliphatic imine (C=N–C) groups is 1. The molecule has 22 heavy (non-hydrogen) atoms. The van der Waals surface area contributed by atoms with Crippen LogP contribution in [-0.2, 0) is 0 Å². The minimum absolute atomic E-state index is 0.109. The fourth-order valence-corrected chi connectivity index (χ4v) is 2.74. The maximum Gasteiger partial charge on any atom is 0.390 e. The smallest absolute Gasteiger partial charge is 0.357 e. The molecule has 1 aromatic rings. The fourth-order valence-electron chi connectivity index (χ4n) is 1.83. The van der Waals surface area contributed by atoms with Gasteiger partial charge in [0.1, 0.15) is 0 Å². The third kappa shape index (κ3) is 7.13. The Bertz CT molecular complexity index is 443. The second-order valence-corrected chi connectivity index (χ2v) is 5.99. The zero-order chi connectivity index (χ0) is 16.6. The number of alkyl halides is 3. The van der Waals surface area contributed by atoms with Crippen LogP contribution in [0.3, 0.4) is 0 Å². The number of halogens is 3. The Morgan fingerprint density at radius 3 is 2.59 bits per heavy atom. The highest BCUT2D eigenvalue weighted by Crippen LogP contribution is 2.23. The molecule has 0 bridgehead atoms. The molecular formula is C14H23F3N4S. The molecule has 0 saturated heterocycles. The Morgan fingerprint density at radius 2 is 2.09 bits per heavy atom. The van der Waals surface area contributed by atoms with Gasteiger partial charge in [0, 0.05) is 18.0 Å². The van der Waals surface area contributed by atoms with Crippen LogP contribution in [0.5, 0.6) is 0 Å². The van der Waals surface area contributed by atoms with Gasteiger partial charge in [0.05, 0.1) is 19.0 Å². The van der Waals surface area contributed by atoms with E-state index in [0.29, 0.717) is 19.0 Å². The van der Waals surface area contributed by atoms with Crippen molar-refractivity contribution in [3.8, 4) is 0 Å². The maximum absolute atomic E-state index is 12.2. The predicted molar refractivity (Wildman–Crippen MR) is 85.4 cm³/mol. The molecule has 1 heterocycles. The summed E-state index contributed by atoms with van der Waals surface area (Å²) in [4.78, 5) is 7.63. The molecule has 0 fully saturated rings. The van der Waals surface area contributed by atoms with E-state index in [1.54, 1.807) is 11.3 Å². The van der Waals surface area contributed by atoms with Crippen LogP contribution in [0.25, 0.3) is 0 Å². The molecule has 0 saturated carbocycles. The molecule has 0 radical (unpaired) electrons. The van der Waals surface area contributed by atoms with E-state index in [4.69, 9.17) is 0 Å². The van der Waals surface area contributed by atoms with Gasteiger partial charge in [0.15, 0.2) is 5.96 Å². The van der Waals surface area contributed by atoms with E-state index in [1.807, 2.05) is 38.5 Å². The third-order valence-corrected chi connectivity index (χ3v) is 3.94. The van der Waals surface area contributed by atoms with Crippen LogP contribution in [0.1, 0.15) is 24.3 Å². The summed E-state index contributed by atoms with van der Waals surface area (Å²) < 4.78 is 36.6. The van der Waals surface area contributed by atoms with Crippen LogP contribution >= 0.6 is 11.3 Å². The van der Waals surface area contributed by atoms with Crippen LogP contribution in [0.4, 0.5) is 13.2 Å². The first-order valence-electron chi connectivity index (χ1n) is 7.12. The van der Waals surface area contributed by atoms with Crippen molar-refractivity contribution in [1.82, 2.24) is 15.5 Å². The zero-order valence-corrected chi connectivity index (χ0v) is 13.9. The lowest BCUT2D eigenvalue weighted by atomic mass is 10.2. The Balaban J connectivity index is 2.63. The monoisotopic (exact) mass is 336 g/mol. The molecule has 1 rings (SSSR count). The van der Waals surface area contributed by atoms with Crippen LogP contribution < -0.4 is 10.6 Å². The molecule has 4 nitrogen and oxygen atoms in total. The van der Waals surface area contributed by atoms with Crippen molar-refractivity contribution in [3.63, 3.8) is 0 Å². The van der Waals surface area contributed by atoms with Gasteiger partial charge < -0.3 is 15.5 Å². The van der Waals surface area contributed by atoms with E-state index in [-0.39, 0.29) is 12.6 Å². The summed E-state index contributed by atoms with van der Waals surface area (Å²) >= 11 is 1.65. The van der Waals surface area contributed by atoms with Crippen LogP contribution in [0, 0.1) is 0 Å². The lowest BCUT2D eigenvalue weighted by Gasteiger charge is -2.22. The summed E-state index contributed by atoms with van der Waals surface area (Å²) in [5.41, 5.74) is 0. The number of hydrogen-bond donors (Lipinski definition) is 2. The molecule has 2 N–H and O–H groups in total. The highest BCUT2D eigenvalue weighted by Gasteiger charge is 2.26. The first-order chi connectivity index (χ1) is 10.3. The average Bonchev–Trinajstić information content (AvgIpc) is 2.90. The van der Waals surface area contributed by atoms with Crippen molar-refractivity contribution >= 4 is 17.3 Å². The minimum atomic E-state index is -4.16. The summed E-state index contributed by atoms with van der Waals surface area (Å²) in [6.45, 7) is 2.78. The summed E-state index contributed by atoms with van der Waals surface area (Å²) in [5.74, 6) is 0.412. The Kier molecular flexibility index (Phi) is 7.67. The second-order valence-electron chi connectivity index (χ2n) is 5.01. The maximum atomic E-state index is 12.2. The summed E-state index contributed by atoms with van der Waals surface area (Å²) in [5, 5.41) is 7.69. The summed E-state index contributed by atoms with van der Waals surface area (Å²) in [7, 11) is 3.92. The zero-order valence-electron chi connectivity index (χ0n) is 13.1. The Morgan fingerprint density at radius 1 is 1.36 bits per heavy atom. The number of likely N-dealkylation sites (N-methyl/N-ethyl adjacent to an activating group) is 1. The topological polar surface area (TPSA) is 39.7 Å². The molecule has 1 atom stereocenters. The van der Waals surface area contributed by atoms with Crippen molar-refractivity contribution in [3.05, 3.63) is 22.4 Å². The van der Waals surface area contributed by atoms with Gasteiger partial charge in [-0.05, 0) is 32.5 Å². The van der Waals surface area contributed by atoms with Gasteiger partial charge in [-0.2, -0.15) is 13.2 Å². The van der Waals surface area contributed by atoms with E-state index in [2.05, 4.69) is 20.5 Å². The minimum Gasteiger partial charge on any atom is -0.357 e. The quantitative estimate of drug-likeness (QED) is 0.594. The average molecular weight is 336 g/mol. The molecule has 8 heteroatoms. The van der Waals surface area contributed by atoms with E-state index in [9.17, 15) is 13.2 Å². The van der Waals surface area contributed by atoms with E-state index in [0.717, 1.165) is 0 Å². The first kappa shape index (κ1) is 18.8. The molecule has 126 valence electrons. The van der Waals surface area contributed by atoms with Crippen molar-refractivity contribution < 1.29 is 13.2 Å². The lowest BCUT2D eigenvalue weighted by Crippen LogP contribution is -2.39. The van der Waals surface area contributed by atoms with Crippen LogP contribution in [0.2, 0.25) is 0 Å².